The van der Waals surface area contributed by atoms with Gasteiger partial charge in [-0.15, -0.1) is 16.6 Å². The summed E-state index contributed by atoms with van der Waals surface area (Å²) in [5.41, 5.74) is 20.2. The van der Waals surface area contributed by atoms with Gasteiger partial charge in [-0.25, -0.2) is 9.36 Å². The fraction of sp³-hybridized carbons (Fsp3) is 0.761. The van der Waals surface area contributed by atoms with Crippen LogP contribution in [0.2, 0.25) is 0 Å². The lowest BCUT2D eigenvalue weighted by atomic mass is 9.97. The molecule has 2 saturated heterocycles. The Kier molecular flexibility index (Phi) is 24.2. The van der Waals surface area contributed by atoms with Crippen molar-refractivity contribution >= 4 is 29.7 Å². The number of carbonyl (C=O) groups is 2. The Morgan fingerprint density at radius 2 is 1.29 bits per heavy atom. The molecule has 2 fully saturated rings. The first kappa shape index (κ1) is 56.8. The second-order valence-corrected chi connectivity index (χ2v) is 18.3. The molecule has 2 aliphatic heterocycles. The number of aromatic nitrogens is 9. The van der Waals surface area contributed by atoms with E-state index in [0.29, 0.717) is 140 Å². The van der Waals surface area contributed by atoms with E-state index in [-0.39, 0.29) is 54.7 Å². The third kappa shape index (κ3) is 16.7. The van der Waals surface area contributed by atoms with Crippen molar-refractivity contribution in [2.75, 3.05) is 120 Å². The molecule has 0 saturated carbocycles. The molecular weight excluding hydrogens is 906 g/mol. The molecule has 2 amide bonds. The quantitative estimate of drug-likeness (QED) is 0.0490. The zero-order chi connectivity index (χ0) is 49.0. The SMILES string of the molecule is C#CCOCCOCCOCCNc1nc(N2CCN(C(=O)[C@H]([C@@H](C)CC)n3cc([C@@H](N)CC(C)C)nn3)CC2)nc(N2CCN(C(=O)[C@H](CCCCN)n3cc([C@@H](N)C(C)CC)nn3)CC2)n1.[Cl-]. The van der Waals surface area contributed by atoms with Crippen molar-refractivity contribution in [3.05, 3.63) is 23.8 Å². The minimum atomic E-state index is -0.521. The maximum Gasteiger partial charge on any atom is 0.247 e. The van der Waals surface area contributed by atoms with E-state index in [0.717, 1.165) is 32.1 Å². The fourth-order valence-corrected chi connectivity index (χ4v) is 8.23. The number of terminal acetylenes is 1. The number of halogens is 1. The molecule has 386 valence electrons. The zero-order valence-electron chi connectivity index (χ0n) is 41.8. The maximum atomic E-state index is 14.3. The van der Waals surface area contributed by atoms with Gasteiger partial charge in [-0.1, -0.05) is 70.7 Å². The van der Waals surface area contributed by atoms with Gasteiger partial charge in [0.05, 0.1) is 68.9 Å². The third-order valence-electron chi connectivity index (χ3n) is 12.8. The monoisotopic (exact) mass is 985 g/mol. The predicted octanol–water partition coefficient (Wildman–Crippen LogP) is -0.800. The Morgan fingerprint density at radius 1 is 0.739 bits per heavy atom. The van der Waals surface area contributed by atoms with E-state index in [1.165, 1.54) is 0 Å². The molecule has 69 heavy (non-hydrogen) atoms. The molecule has 3 aromatic rings. The second kappa shape index (κ2) is 29.4. The molecule has 23 heteroatoms. The van der Waals surface area contributed by atoms with E-state index in [2.05, 4.69) is 83.2 Å². The van der Waals surface area contributed by atoms with Gasteiger partial charge >= 0.3 is 0 Å². The molecule has 0 radical (unpaired) electrons. The highest BCUT2D eigenvalue weighted by Gasteiger charge is 2.35. The molecule has 22 nitrogen and oxygen atoms in total. The second-order valence-electron chi connectivity index (χ2n) is 18.3. The minimum absolute atomic E-state index is 0. The van der Waals surface area contributed by atoms with E-state index < -0.39 is 12.1 Å². The Balaban J connectivity index is 0.0000104. The summed E-state index contributed by atoms with van der Waals surface area (Å²) >= 11 is 0. The lowest BCUT2D eigenvalue weighted by Crippen LogP contribution is -3.00. The van der Waals surface area contributed by atoms with Crippen LogP contribution in [0.25, 0.3) is 0 Å². The van der Waals surface area contributed by atoms with E-state index in [4.69, 9.17) is 52.8 Å². The van der Waals surface area contributed by atoms with Gasteiger partial charge in [0.2, 0.25) is 29.7 Å². The average Bonchev–Trinajstić information content (AvgIpc) is 4.05. The Hall–Kier alpha value is -4.76. The molecule has 0 aromatic carbocycles. The van der Waals surface area contributed by atoms with Crippen LogP contribution < -0.4 is 44.7 Å². The maximum absolute atomic E-state index is 14.3. The van der Waals surface area contributed by atoms with Crippen LogP contribution in [-0.4, -0.2) is 172 Å². The van der Waals surface area contributed by atoms with Crippen LogP contribution in [0.3, 0.4) is 0 Å². The molecule has 7 N–H and O–H groups in total. The number of hydrogen-bond acceptors (Lipinski definition) is 18. The summed E-state index contributed by atoms with van der Waals surface area (Å²) in [5, 5.41) is 20.9. The first-order valence-electron chi connectivity index (χ1n) is 24.7. The van der Waals surface area contributed by atoms with Crippen LogP contribution in [0.1, 0.15) is 116 Å². The molecule has 0 bridgehead atoms. The molecule has 0 spiro atoms. The predicted molar refractivity (Wildman–Crippen MR) is 260 cm³/mol. The largest absolute Gasteiger partial charge is 1.00 e. The van der Waals surface area contributed by atoms with Gasteiger partial charge < -0.3 is 68.7 Å². The summed E-state index contributed by atoms with van der Waals surface area (Å²) in [7, 11) is 0. The Morgan fingerprint density at radius 3 is 1.87 bits per heavy atom. The number of ether oxygens (including phenoxy) is 3. The van der Waals surface area contributed by atoms with Gasteiger partial charge in [0, 0.05) is 58.9 Å². The summed E-state index contributed by atoms with van der Waals surface area (Å²) in [6.45, 7) is 19.8. The summed E-state index contributed by atoms with van der Waals surface area (Å²) in [4.78, 5) is 51.2. The number of nitrogens with zero attached hydrogens (tertiary/aromatic N) is 13. The number of carbonyl (C=O) groups excluding carboxylic acids is 2. The summed E-state index contributed by atoms with van der Waals surface area (Å²) in [6.07, 6.45) is 13.5. The number of piperazine rings is 2. The first-order chi connectivity index (χ1) is 32.9. The summed E-state index contributed by atoms with van der Waals surface area (Å²) in [6, 6.07) is -1.54. The van der Waals surface area contributed by atoms with Crippen molar-refractivity contribution in [3.8, 4) is 12.3 Å². The highest BCUT2D eigenvalue weighted by molar-refractivity contribution is 5.81. The van der Waals surface area contributed by atoms with E-state index in [9.17, 15) is 9.59 Å². The summed E-state index contributed by atoms with van der Waals surface area (Å²) < 4.78 is 20.0. The summed E-state index contributed by atoms with van der Waals surface area (Å²) in [5.74, 6) is 4.47. The molecule has 5 rings (SSSR count). The van der Waals surface area contributed by atoms with Gasteiger partial charge in [0.25, 0.3) is 0 Å². The van der Waals surface area contributed by atoms with Gasteiger partial charge in [-0.05, 0) is 50.0 Å². The molecule has 3 aromatic heterocycles. The van der Waals surface area contributed by atoms with Crippen molar-refractivity contribution in [1.29, 1.82) is 0 Å². The minimum Gasteiger partial charge on any atom is -1.00 e. The molecule has 1 unspecified atom stereocenters. The van der Waals surface area contributed by atoms with E-state index in [1.54, 1.807) is 9.36 Å². The number of amides is 2. The van der Waals surface area contributed by atoms with Crippen LogP contribution in [0, 0.1) is 30.1 Å². The Labute approximate surface area is 414 Å². The van der Waals surface area contributed by atoms with Crippen LogP contribution in [0.4, 0.5) is 17.8 Å². The number of hydrogen-bond donors (Lipinski definition) is 4. The van der Waals surface area contributed by atoms with Gasteiger partial charge in [0.1, 0.15) is 18.7 Å². The van der Waals surface area contributed by atoms with Crippen LogP contribution in [0.5, 0.6) is 0 Å². The lowest BCUT2D eigenvalue weighted by Gasteiger charge is -2.38. The standard InChI is InChI=1S/C46H79N17O5.ClH/c1-8-24-66-26-28-68-29-27-67-25-15-50-44-51-45(60-20-16-58(17-21-60)42(64)39(13-11-12-14-47)62-32-38(55-56-62)40(49)34(6)9-2)53-46(52-44)61-22-18-59(19-23-61)43(65)41(35(7)10-3)63-31-37(54-57-63)36(48)30-33(4)5;/h1,31-36,39-41H,9-30,47-49H2,2-7H3,(H,50,51,52,53);1H/p-1/t34?,35-,36-,39-,40-,41-;/m0./s1. The topological polar surface area (TPSA) is 265 Å². The molecule has 0 aliphatic carbocycles. The molecular formula is C46H79ClN17O5-. The number of anilines is 3. The average molecular weight is 986 g/mol. The number of nitrogens with one attached hydrogen (secondary N) is 1. The molecule has 2 aliphatic rings. The molecule has 6 atom stereocenters. The normalized spacial score (nSPS) is 16.9. The highest BCUT2D eigenvalue weighted by atomic mass is 35.5. The van der Waals surface area contributed by atoms with Crippen molar-refractivity contribution < 1.29 is 36.2 Å². The van der Waals surface area contributed by atoms with E-state index >= 15 is 0 Å². The number of rotatable bonds is 29. The zero-order valence-corrected chi connectivity index (χ0v) is 42.6. The lowest BCUT2D eigenvalue weighted by molar-refractivity contribution is -0.137. The van der Waals surface area contributed by atoms with Crippen molar-refractivity contribution in [1.82, 2.24) is 54.7 Å². The van der Waals surface area contributed by atoms with Gasteiger partial charge in [-0.3, -0.25) is 9.59 Å². The van der Waals surface area contributed by atoms with Gasteiger partial charge in [-0.2, -0.15) is 15.0 Å². The fourth-order valence-electron chi connectivity index (χ4n) is 8.23. The van der Waals surface area contributed by atoms with Gasteiger partial charge in [0.15, 0.2) is 0 Å². The smallest absolute Gasteiger partial charge is 0.247 e. The van der Waals surface area contributed by atoms with Crippen LogP contribution in [-0.2, 0) is 23.8 Å². The van der Waals surface area contributed by atoms with Crippen molar-refractivity contribution in [2.24, 2.45) is 35.0 Å². The number of nitrogens with two attached hydrogens (primary N) is 3. The molecule has 5 heterocycles. The number of unbranched alkanes of at least 4 members (excludes halogenated alkanes) is 1. The van der Waals surface area contributed by atoms with E-state index in [1.807, 2.05) is 22.2 Å². The first-order valence-corrected chi connectivity index (χ1v) is 24.7. The third-order valence-corrected chi connectivity index (χ3v) is 12.8. The highest BCUT2D eigenvalue weighted by Crippen LogP contribution is 2.28. The van der Waals surface area contributed by atoms with Crippen LogP contribution in [0.15, 0.2) is 12.4 Å². The van der Waals surface area contributed by atoms with Crippen molar-refractivity contribution in [3.63, 3.8) is 0 Å². The Bertz CT molecular complexity index is 2000. The van der Waals surface area contributed by atoms with Crippen molar-refractivity contribution in [2.45, 2.75) is 104 Å². The van der Waals surface area contributed by atoms with Crippen LogP contribution >= 0.6 is 0 Å².